The molecule has 0 aliphatic carbocycles. The molecule has 0 spiro atoms. The lowest BCUT2D eigenvalue weighted by atomic mass is 10.0. The maximum atomic E-state index is 11.1. The Hall–Kier alpha value is -2.25. The highest BCUT2D eigenvalue weighted by molar-refractivity contribution is 5.72. The fraction of sp³-hybridized carbons (Fsp3) is 0.500. The van der Waals surface area contributed by atoms with Gasteiger partial charge in [0.25, 0.3) is 0 Å². The SMILES string of the molecule is CC1C(C(=O)O)CCN1c1cncc2nnnn12. The third kappa shape index (κ3) is 1.49. The topological polar surface area (TPSA) is 96.5 Å². The molecule has 1 aliphatic rings. The smallest absolute Gasteiger partial charge is 0.308 e. The van der Waals surface area contributed by atoms with Crippen LogP contribution in [0, 0.1) is 5.92 Å². The molecule has 8 heteroatoms. The molecule has 2 unspecified atom stereocenters. The first-order valence-corrected chi connectivity index (χ1v) is 5.70. The van der Waals surface area contributed by atoms with Gasteiger partial charge in [-0.15, -0.1) is 5.10 Å². The van der Waals surface area contributed by atoms with Crippen LogP contribution in [-0.4, -0.2) is 48.7 Å². The molecule has 3 rings (SSSR count). The highest BCUT2D eigenvalue weighted by Gasteiger charge is 2.36. The van der Waals surface area contributed by atoms with Crippen LogP contribution in [0.15, 0.2) is 12.4 Å². The van der Waals surface area contributed by atoms with E-state index in [0.717, 1.165) is 5.82 Å². The molecule has 2 aromatic heterocycles. The fourth-order valence-electron chi connectivity index (χ4n) is 2.45. The number of nitrogens with zero attached hydrogens (tertiary/aromatic N) is 6. The Labute approximate surface area is 102 Å². The zero-order valence-electron chi connectivity index (χ0n) is 9.76. The number of carboxylic acids is 1. The minimum Gasteiger partial charge on any atom is -0.481 e. The Morgan fingerprint density at radius 3 is 3.06 bits per heavy atom. The molecule has 2 aromatic rings. The molecule has 1 saturated heterocycles. The van der Waals surface area contributed by atoms with Gasteiger partial charge in [-0.05, 0) is 23.8 Å². The third-order valence-electron chi connectivity index (χ3n) is 3.46. The Morgan fingerprint density at radius 2 is 2.33 bits per heavy atom. The zero-order valence-corrected chi connectivity index (χ0v) is 9.76. The second-order valence-electron chi connectivity index (χ2n) is 4.38. The van der Waals surface area contributed by atoms with Crippen LogP contribution < -0.4 is 4.90 Å². The molecule has 94 valence electrons. The van der Waals surface area contributed by atoms with Crippen molar-refractivity contribution in [3.63, 3.8) is 0 Å². The molecule has 18 heavy (non-hydrogen) atoms. The number of carboxylic acid groups (broad SMARTS) is 1. The van der Waals surface area contributed by atoms with Gasteiger partial charge in [0.15, 0.2) is 11.5 Å². The van der Waals surface area contributed by atoms with E-state index in [4.69, 9.17) is 5.11 Å². The van der Waals surface area contributed by atoms with Crippen LogP contribution in [0.5, 0.6) is 0 Å². The summed E-state index contributed by atoms with van der Waals surface area (Å²) in [5.41, 5.74) is 0.554. The number of tetrazole rings is 1. The molecule has 0 bridgehead atoms. The van der Waals surface area contributed by atoms with Gasteiger partial charge in [0, 0.05) is 12.6 Å². The Kier molecular flexibility index (Phi) is 2.35. The van der Waals surface area contributed by atoms with Gasteiger partial charge in [0.05, 0.1) is 18.3 Å². The molecule has 1 N–H and O–H groups in total. The quantitative estimate of drug-likeness (QED) is 0.787. The van der Waals surface area contributed by atoms with Crippen LogP contribution in [0.4, 0.5) is 5.82 Å². The van der Waals surface area contributed by atoms with Gasteiger partial charge in [-0.2, -0.15) is 4.52 Å². The molecular weight excluding hydrogens is 236 g/mol. The monoisotopic (exact) mass is 248 g/mol. The third-order valence-corrected chi connectivity index (χ3v) is 3.46. The summed E-state index contributed by atoms with van der Waals surface area (Å²) in [7, 11) is 0. The number of hydrogen-bond donors (Lipinski definition) is 1. The average molecular weight is 248 g/mol. The van der Waals surface area contributed by atoms with Gasteiger partial charge >= 0.3 is 5.97 Å². The predicted molar refractivity (Wildman–Crippen MR) is 61.1 cm³/mol. The van der Waals surface area contributed by atoms with Gasteiger partial charge in [0.2, 0.25) is 0 Å². The molecule has 0 radical (unpaired) electrons. The summed E-state index contributed by atoms with van der Waals surface area (Å²) in [5, 5.41) is 20.4. The molecule has 3 heterocycles. The van der Waals surface area contributed by atoms with E-state index in [1.54, 1.807) is 16.9 Å². The highest BCUT2D eigenvalue weighted by atomic mass is 16.4. The second kappa shape index (κ2) is 3.90. The lowest BCUT2D eigenvalue weighted by molar-refractivity contribution is -0.141. The van der Waals surface area contributed by atoms with E-state index < -0.39 is 5.97 Å². The van der Waals surface area contributed by atoms with Crippen LogP contribution in [0.3, 0.4) is 0 Å². The van der Waals surface area contributed by atoms with Crippen molar-refractivity contribution in [2.45, 2.75) is 19.4 Å². The van der Waals surface area contributed by atoms with Crippen molar-refractivity contribution in [1.82, 2.24) is 25.0 Å². The van der Waals surface area contributed by atoms with Crippen molar-refractivity contribution in [3.05, 3.63) is 12.4 Å². The largest absolute Gasteiger partial charge is 0.481 e. The maximum absolute atomic E-state index is 11.1. The number of aromatic nitrogens is 5. The molecule has 2 atom stereocenters. The minimum atomic E-state index is -0.762. The van der Waals surface area contributed by atoms with E-state index in [0.29, 0.717) is 18.6 Å². The van der Waals surface area contributed by atoms with E-state index in [2.05, 4.69) is 20.5 Å². The van der Waals surface area contributed by atoms with Crippen LogP contribution in [0.2, 0.25) is 0 Å². The number of anilines is 1. The van der Waals surface area contributed by atoms with Crippen LogP contribution in [-0.2, 0) is 4.79 Å². The Bertz CT molecular complexity index is 597. The molecule has 0 aromatic carbocycles. The van der Waals surface area contributed by atoms with Crippen LogP contribution >= 0.6 is 0 Å². The first kappa shape index (κ1) is 10.9. The molecule has 1 fully saturated rings. The summed E-state index contributed by atoms with van der Waals surface area (Å²) in [6.07, 6.45) is 3.85. The van der Waals surface area contributed by atoms with E-state index >= 15 is 0 Å². The van der Waals surface area contributed by atoms with Gasteiger partial charge in [-0.3, -0.25) is 9.78 Å². The van der Waals surface area contributed by atoms with Crippen molar-refractivity contribution >= 4 is 17.4 Å². The predicted octanol–water partition coefficient (Wildman–Crippen LogP) is -0.181. The second-order valence-corrected chi connectivity index (χ2v) is 4.38. The molecule has 8 nitrogen and oxygen atoms in total. The summed E-state index contributed by atoms with van der Waals surface area (Å²) >= 11 is 0. The fourth-order valence-corrected chi connectivity index (χ4v) is 2.45. The first-order chi connectivity index (χ1) is 8.68. The summed E-state index contributed by atoms with van der Waals surface area (Å²) in [6.45, 7) is 2.56. The zero-order chi connectivity index (χ0) is 12.7. The van der Waals surface area contributed by atoms with Gasteiger partial charge in [-0.1, -0.05) is 0 Å². The van der Waals surface area contributed by atoms with E-state index in [-0.39, 0.29) is 12.0 Å². The molecular formula is C10H12N6O2. The number of hydrogen-bond acceptors (Lipinski definition) is 6. The normalized spacial score (nSPS) is 23.7. The van der Waals surface area contributed by atoms with Crippen molar-refractivity contribution in [3.8, 4) is 0 Å². The number of aliphatic carboxylic acids is 1. The van der Waals surface area contributed by atoms with Crippen molar-refractivity contribution in [1.29, 1.82) is 0 Å². The Balaban J connectivity index is 2.01. The summed E-state index contributed by atoms with van der Waals surface area (Å²) < 4.78 is 1.58. The Morgan fingerprint density at radius 1 is 1.50 bits per heavy atom. The minimum absolute atomic E-state index is 0.0981. The van der Waals surface area contributed by atoms with Crippen LogP contribution in [0.1, 0.15) is 13.3 Å². The molecule has 0 saturated carbocycles. The van der Waals surface area contributed by atoms with Gasteiger partial charge in [-0.25, -0.2) is 0 Å². The first-order valence-electron chi connectivity index (χ1n) is 5.70. The average Bonchev–Trinajstić information content (AvgIpc) is 2.94. The van der Waals surface area contributed by atoms with E-state index in [1.165, 1.54) is 0 Å². The summed E-state index contributed by atoms with van der Waals surface area (Å²) in [4.78, 5) is 17.2. The lowest BCUT2D eigenvalue weighted by Gasteiger charge is -2.24. The highest BCUT2D eigenvalue weighted by Crippen LogP contribution is 2.29. The van der Waals surface area contributed by atoms with Crippen LogP contribution in [0.25, 0.3) is 5.65 Å². The van der Waals surface area contributed by atoms with Crippen molar-refractivity contribution in [2.75, 3.05) is 11.4 Å². The number of carbonyl (C=O) groups is 1. The van der Waals surface area contributed by atoms with E-state index in [1.807, 2.05) is 11.8 Å². The summed E-state index contributed by atoms with van der Waals surface area (Å²) in [5.74, 6) is -0.396. The molecule has 0 amide bonds. The standard InChI is InChI=1S/C10H12N6O2/c1-6-7(10(17)18)2-3-15(6)9-5-11-4-8-12-13-14-16(8)9/h4-7H,2-3H2,1H3,(H,17,18). The maximum Gasteiger partial charge on any atom is 0.308 e. The van der Waals surface area contributed by atoms with Gasteiger partial charge < -0.3 is 10.0 Å². The lowest BCUT2D eigenvalue weighted by Crippen LogP contribution is -2.34. The number of fused-ring (bicyclic) bond motifs is 1. The summed E-state index contributed by atoms with van der Waals surface area (Å²) in [6, 6.07) is -0.0981. The van der Waals surface area contributed by atoms with Crippen molar-refractivity contribution < 1.29 is 9.90 Å². The number of rotatable bonds is 2. The van der Waals surface area contributed by atoms with Gasteiger partial charge in [0.1, 0.15) is 0 Å². The van der Waals surface area contributed by atoms with E-state index in [9.17, 15) is 4.79 Å². The van der Waals surface area contributed by atoms with Crippen molar-refractivity contribution in [2.24, 2.45) is 5.92 Å². The molecule has 1 aliphatic heterocycles.